The molecule has 2 aromatic rings. The lowest BCUT2D eigenvalue weighted by Gasteiger charge is -2.01. The molecule has 1 aromatic heterocycles. The van der Waals surface area contributed by atoms with E-state index in [1.807, 2.05) is 25.1 Å². The van der Waals surface area contributed by atoms with E-state index in [1.54, 1.807) is 12.3 Å². The Morgan fingerprint density at radius 2 is 2.08 bits per heavy atom. The fraction of sp³-hybridized carbons (Fsp3) is 0.100. The summed E-state index contributed by atoms with van der Waals surface area (Å²) < 4.78 is 0. The van der Waals surface area contributed by atoms with E-state index in [1.165, 1.54) is 0 Å². The molecule has 0 aliphatic carbocycles. The molecule has 1 N–H and O–H groups in total. The summed E-state index contributed by atoms with van der Waals surface area (Å²) in [5, 5.41) is 10.3. The van der Waals surface area contributed by atoms with Crippen molar-refractivity contribution in [3.8, 4) is 5.75 Å². The van der Waals surface area contributed by atoms with Gasteiger partial charge in [-0.05, 0) is 30.7 Å². The number of phenolic OH excluding ortho intramolecular Hbond substituents is 1. The number of aryl methyl sites for hydroxylation is 1. The third kappa shape index (κ3) is 0.925. The summed E-state index contributed by atoms with van der Waals surface area (Å²) in [6.07, 6.45) is 1.73. The summed E-state index contributed by atoms with van der Waals surface area (Å²) in [6, 6.07) is 7.25. The molecule has 0 radical (unpaired) electrons. The van der Waals surface area contributed by atoms with E-state index in [0.29, 0.717) is 5.75 Å². The Hall–Kier alpha value is -1.57. The van der Waals surface area contributed by atoms with Gasteiger partial charge >= 0.3 is 0 Å². The van der Waals surface area contributed by atoms with Crippen LogP contribution in [-0.4, -0.2) is 10.1 Å². The van der Waals surface area contributed by atoms with Gasteiger partial charge in [-0.2, -0.15) is 0 Å². The SMILES string of the molecule is Cc1ccc(O)c2cccnc12. The first kappa shape index (κ1) is 7.10. The molecule has 2 heteroatoms. The van der Waals surface area contributed by atoms with Crippen LogP contribution in [0.2, 0.25) is 0 Å². The molecule has 0 saturated heterocycles. The van der Waals surface area contributed by atoms with Crippen LogP contribution in [0.5, 0.6) is 5.75 Å². The van der Waals surface area contributed by atoms with E-state index >= 15 is 0 Å². The smallest absolute Gasteiger partial charge is 0.124 e. The minimum absolute atomic E-state index is 0.295. The first-order valence-electron chi connectivity index (χ1n) is 3.82. The molecule has 0 spiro atoms. The van der Waals surface area contributed by atoms with E-state index in [-0.39, 0.29) is 0 Å². The predicted molar refractivity (Wildman–Crippen MR) is 48.1 cm³/mol. The van der Waals surface area contributed by atoms with Crippen molar-refractivity contribution in [1.29, 1.82) is 0 Å². The topological polar surface area (TPSA) is 33.1 Å². The van der Waals surface area contributed by atoms with Crippen molar-refractivity contribution in [3.05, 3.63) is 36.0 Å². The zero-order chi connectivity index (χ0) is 8.55. The Kier molecular flexibility index (Phi) is 1.47. The molecule has 0 saturated carbocycles. The molecule has 0 unspecified atom stereocenters. The molecule has 0 aliphatic heterocycles. The Bertz CT molecular complexity index is 383. The molecule has 1 aromatic carbocycles. The molecule has 2 rings (SSSR count). The lowest BCUT2D eigenvalue weighted by Crippen LogP contribution is -1.81. The fourth-order valence-electron chi connectivity index (χ4n) is 1.30. The van der Waals surface area contributed by atoms with Crippen molar-refractivity contribution in [2.75, 3.05) is 0 Å². The van der Waals surface area contributed by atoms with Gasteiger partial charge in [-0.1, -0.05) is 6.07 Å². The van der Waals surface area contributed by atoms with E-state index < -0.39 is 0 Å². The largest absolute Gasteiger partial charge is 0.507 e. The minimum Gasteiger partial charge on any atom is -0.507 e. The number of fused-ring (bicyclic) bond motifs is 1. The van der Waals surface area contributed by atoms with Crippen molar-refractivity contribution in [3.63, 3.8) is 0 Å². The summed E-state index contributed by atoms with van der Waals surface area (Å²) in [6.45, 7) is 1.98. The Morgan fingerprint density at radius 3 is 2.83 bits per heavy atom. The van der Waals surface area contributed by atoms with Crippen LogP contribution in [0.15, 0.2) is 30.5 Å². The van der Waals surface area contributed by atoms with Crippen molar-refractivity contribution >= 4 is 10.9 Å². The number of nitrogens with zero attached hydrogens (tertiary/aromatic N) is 1. The second-order valence-corrected chi connectivity index (χ2v) is 2.80. The van der Waals surface area contributed by atoms with E-state index in [4.69, 9.17) is 0 Å². The maximum absolute atomic E-state index is 9.46. The first-order chi connectivity index (χ1) is 5.79. The number of rotatable bonds is 0. The van der Waals surface area contributed by atoms with Gasteiger partial charge in [0.2, 0.25) is 0 Å². The maximum Gasteiger partial charge on any atom is 0.124 e. The lowest BCUT2D eigenvalue weighted by atomic mass is 10.1. The number of hydrogen-bond acceptors (Lipinski definition) is 2. The monoisotopic (exact) mass is 159 g/mol. The summed E-state index contributed by atoms with van der Waals surface area (Å²) in [7, 11) is 0. The van der Waals surface area contributed by atoms with Gasteiger partial charge in [-0.3, -0.25) is 4.98 Å². The van der Waals surface area contributed by atoms with Crippen LogP contribution < -0.4 is 0 Å². The molecule has 0 amide bonds. The highest BCUT2D eigenvalue weighted by Gasteiger charge is 2.00. The van der Waals surface area contributed by atoms with Crippen molar-refractivity contribution in [1.82, 2.24) is 4.98 Å². The number of pyridine rings is 1. The fourth-order valence-corrected chi connectivity index (χ4v) is 1.30. The standard InChI is InChI=1S/C10H9NO/c1-7-4-5-9(12)8-3-2-6-11-10(7)8/h2-6,12H,1H3. The van der Waals surface area contributed by atoms with Crippen molar-refractivity contribution < 1.29 is 5.11 Å². The molecule has 0 fully saturated rings. The molecule has 2 nitrogen and oxygen atoms in total. The van der Waals surface area contributed by atoms with Gasteiger partial charge in [-0.15, -0.1) is 0 Å². The van der Waals surface area contributed by atoms with Crippen LogP contribution >= 0.6 is 0 Å². The Morgan fingerprint density at radius 1 is 1.25 bits per heavy atom. The number of aromatic nitrogens is 1. The Labute approximate surface area is 70.5 Å². The van der Waals surface area contributed by atoms with Crippen LogP contribution in [-0.2, 0) is 0 Å². The highest BCUT2D eigenvalue weighted by molar-refractivity contribution is 5.87. The highest BCUT2D eigenvalue weighted by atomic mass is 16.3. The number of phenols is 1. The van der Waals surface area contributed by atoms with Crippen LogP contribution in [0.3, 0.4) is 0 Å². The zero-order valence-electron chi connectivity index (χ0n) is 6.78. The molecule has 0 aliphatic rings. The Balaban J connectivity index is 2.95. The lowest BCUT2D eigenvalue weighted by molar-refractivity contribution is 0.481. The molecule has 0 atom stereocenters. The molecular weight excluding hydrogens is 150 g/mol. The van der Waals surface area contributed by atoms with Crippen LogP contribution in [0.4, 0.5) is 0 Å². The summed E-state index contributed by atoms with van der Waals surface area (Å²) in [5.41, 5.74) is 1.96. The zero-order valence-corrected chi connectivity index (χ0v) is 6.78. The second kappa shape index (κ2) is 2.48. The van der Waals surface area contributed by atoms with Gasteiger partial charge < -0.3 is 5.11 Å². The molecule has 12 heavy (non-hydrogen) atoms. The quantitative estimate of drug-likeness (QED) is 0.639. The maximum atomic E-state index is 9.46. The summed E-state index contributed by atoms with van der Waals surface area (Å²) in [4.78, 5) is 4.18. The molecule has 60 valence electrons. The van der Waals surface area contributed by atoms with Crippen LogP contribution in [0, 0.1) is 6.92 Å². The van der Waals surface area contributed by atoms with Crippen LogP contribution in [0.25, 0.3) is 10.9 Å². The van der Waals surface area contributed by atoms with Gasteiger partial charge in [0.15, 0.2) is 0 Å². The van der Waals surface area contributed by atoms with Crippen molar-refractivity contribution in [2.45, 2.75) is 6.92 Å². The van der Waals surface area contributed by atoms with Gasteiger partial charge in [-0.25, -0.2) is 0 Å². The second-order valence-electron chi connectivity index (χ2n) is 2.80. The van der Waals surface area contributed by atoms with Crippen LogP contribution in [0.1, 0.15) is 5.56 Å². The van der Waals surface area contributed by atoms with Gasteiger partial charge in [0.1, 0.15) is 5.75 Å². The van der Waals surface area contributed by atoms with Gasteiger partial charge in [0.25, 0.3) is 0 Å². The minimum atomic E-state index is 0.295. The van der Waals surface area contributed by atoms with E-state index in [9.17, 15) is 5.11 Å². The average molecular weight is 159 g/mol. The highest BCUT2D eigenvalue weighted by Crippen LogP contribution is 2.24. The van der Waals surface area contributed by atoms with E-state index in [2.05, 4.69) is 4.98 Å². The first-order valence-corrected chi connectivity index (χ1v) is 3.82. The number of aromatic hydroxyl groups is 1. The summed E-state index contributed by atoms with van der Waals surface area (Å²) >= 11 is 0. The van der Waals surface area contributed by atoms with E-state index in [0.717, 1.165) is 16.5 Å². The van der Waals surface area contributed by atoms with Crippen molar-refractivity contribution in [2.24, 2.45) is 0 Å². The van der Waals surface area contributed by atoms with Gasteiger partial charge in [0, 0.05) is 11.6 Å². The number of benzene rings is 1. The third-order valence-corrected chi connectivity index (χ3v) is 1.95. The third-order valence-electron chi connectivity index (χ3n) is 1.95. The van der Waals surface area contributed by atoms with Gasteiger partial charge in [0.05, 0.1) is 5.52 Å². The molecule has 1 heterocycles. The normalized spacial score (nSPS) is 10.4. The summed E-state index contributed by atoms with van der Waals surface area (Å²) in [5.74, 6) is 0.295. The average Bonchev–Trinajstić information content (AvgIpc) is 2.12. The number of hydrogen-bond donors (Lipinski definition) is 1. The molecule has 0 bridgehead atoms. The molecular formula is C10H9NO. The predicted octanol–water partition coefficient (Wildman–Crippen LogP) is 2.25.